The lowest BCUT2D eigenvalue weighted by molar-refractivity contribution is 0.0955. The number of halogens is 2. The van der Waals surface area contributed by atoms with E-state index in [9.17, 15) is 4.39 Å². The molecule has 0 fully saturated rings. The molecule has 0 aliphatic rings. The standard InChI is InChI=1S/C9H10ClFO2/c10-8-4-6(1-2-9(8)11)3-7(13)5-12/h1-2,4,7,12-13H,3,5H2. The Labute approximate surface area is 80.6 Å². The topological polar surface area (TPSA) is 40.5 Å². The number of benzene rings is 1. The highest BCUT2D eigenvalue weighted by Crippen LogP contribution is 2.16. The molecule has 2 nitrogen and oxygen atoms in total. The number of hydrogen-bond acceptors (Lipinski definition) is 2. The fraction of sp³-hybridized carbons (Fsp3) is 0.333. The van der Waals surface area contributed by atoms with Crippen LogP contribution in [-0.2, 0) is 6.42 Å². The summed E-state index contributed by atoms with van der Waals surface area (Å²) < 4.78 is 12.7. The van der Waals surface area contributed by atoms with E-state index in [2.05, 4.69) is 0 Å². The van der Waals surface area contributed by atoms with E-state index in [1.165, 1.54) is 18.2 Å². The van der Waals surface area contributed by atoms with Gasteiger partial charge in [0.15, 0.2) is 0 Å². The molecule has 2 N–H and O–H groups in total. The van der Waals surface area contributed by atoms with Crippen LogP contribution in [0.25, 0.3) is 0 Å². The predicted molar refractivity (Wildman–Crippen MR) is 48.2 cm³/mol. The van der Waals surface area contributed by atoms with E-state index in [1.807, 2.05) is 0 Å². The van der Waals surface area contributed by atoms with E-state index in [-0.39, 0.29) is 18.1 Å². The van der Waals surface area contributed by atoms with Crippen molar-refractivity contribution in [3.05, 3.63) is 34.6 Å². The molecular formula is C9H10ClFO2. The fourth-order valence-corrected chi connectivity index (χ4v) is 1.21. The summed E-state index contributed by atoms with van der Waals surface area (Å²) in [6.45, 7) is -0.311. The molecule has 1 unspecified atom stereocenters. The Kier molecular flexibility index (Phi) is 3.66. The first-order chi connectivity index (χ1) is 6.13. The molecule has 0 aromatic heterocycles. The van der Waals surface area contributed by atoms with Crippen molar-refractivity contribution in [2.45, 2.75) is 12.5 Å². The van der Waals surface area contributed by atoms with E-state index in [1.54, 1.807) is 0 Å². The quantitative estimate of drug-likeness (QED) is 0.781. The Morgan fingerprint density at radius 1 is 1.46 bits per heavy atom. The third-order valence-corrected chi connectivity index (χ3v) is 1.96. The van der Waals surface area contributed by atoms with Gasteiger partial charge in [-0.15, -0.1) is 0 Å². The van der Waals surface area contributed by atoms with Crippen LogP contribution >= 0.6 is 11.6 Å². The van der Waals surface area contributed by atoms with Gasteiger partial charge in [-0.2, -0.15) is 0 Å². The summed E-state index contributed by atoms with van der Waals surface area (Å²) in [6, 6.07) is 4.21. The van der Waals surface area contributed by atoms with Crippen molar-refractivity contribution in [2.75, 3.05) is 6.61 Å². The summed E-state index contributed by atoms with van der Waals surface area (Å²) in [4.78, 5) is 0. The molecular weight excluding hydrogens is 195 g/mol. The highest BCUT2D eigenvalue weighted by Gasteiger charge is 2.05. The first-order valence-electron chi connectivity index (χ1n) is 3.86. The lowest BCUT2D eigenvalue weighted by Crippen LogP contribution is -2.14. The van der Waals surface area contributed by atoms with Gasteiger partial charge in [0.2, 0.25) is 0 Å². The zero-order valence-corrected chi connectivity index (χ0v) is 7.63. The van der Waals surface area contributed by atoms with Gasteiger partial charge < -0.3 is 10.2 Å². The van der Waals surface area contributed by atoms with Crippen molar-refractivity contribution in [3.63, 3.8) is 0 Å². The van der Waals surface area contributed by atoms with Crippen molar-refractivity contribution >= 4 is 11.6 Å². The normalized spacial score (nSPS) is 12.9. The van der Waals surface area contributed by atoms with E-state index in [0.29, 0.717) is 5.56 Å². The van der Waals surface area contributed by atoms with Crippen LogP contribution < -0.4 is 0 Å². The Hall–Kier alpha value is -0.640. The van der Waals surface area contributed by atoms with E-state index in [0.717, 1.165) is 0 Å². The van der Waals surface area contributed by atoms with Crippen LogP contribution in [0.15, 0.2) is 18.2 Å². The second-order valence-electron chi connectivity index (χ2n) is 2.79. The highest BCUT2D eigenvalue weighted by molar-refractivity contribution is 6.30. The average Bonchev–Trinajstić information content (AvgIpc) is 2.11. The Bertz CT molecular complexity index is 291. The van der Waals surface area contributed by atoms with Gasteiger partial charge in [0.25, 0.3) is 0 Å². The molecule has 0 bridgehead atoms. The summed E-state index contributed by atoms with van der Waals surface area (Å²) in [5.74, 6) is -0.482. The summed E-state index contributed by atoms with van der Waals surface area (Å²) in [5.41, 5.74) is 0.702. The third kappa shape index (κ3) is 2.95. The molecule has 72 valence electrons. The number of aliphatic hydroxyl groups is 2. The molecule has 0 radical (unpaired) electrons. The van der Waals surface area contributed by atoms with E-state index in [4.69, 9.17) is 21.8 Å². The number of aliphatic hydroxyl groups excluding tert-OH is 2. The predicted octanol–water partition coefficient (Wildman–Crippen LogP) is 1.37. The summed E-state index contributed by atoms with van der Waals surface area (Å²) in [7, 11) is 0. The molecule has 0 spiro atoms. The van der Waals surface area contributed by atoms with Crippen LogP contribution in [0, 0.1) is 5.82 Å². The van der Waals surface area contributed by atoms with Gasteiger partial charge >= 0.3 is 0 Å². The van der Waals surface area contributed by atoms with Crippen molar-refractivity contribution in [2.24, 2.45) is 0 Å². The molecule has 0 saturated carbocycles. The van der Waals surface area contributed by atoms with Crippen molar-refractivity contribution in [3.8, 4) is 0 Å². The Balaban J connectivity index is 2.73. The first kappa shape index (κ1) is 10.4. The molecule has 13 heavy (non-hydrogen) atoms. The molecule has 1 aromatic carbocycles. The lowest BCUT2D eigenvalue weighted by atomic mass is 10.1. The van der Waals surface area contributed by atoms with Crippen LogP contribution in [0.2, 0.25) is 5.02 Å². The molecule has 4 heteroatoms. The number of rotatable bonds is 3. The van der Waals surface area contributed by atoms with Gasteiger partial charge in [0.1, 0.15) is 5.82 Å². The minimum Gasteiger partial charge on any atom is -0.394 e. The minimum atomic E-state index is -0.818. The smallest absolute Gasteiger partial charge is 0.141 e. The van der Waals surface area contributed by atoms with Crippen LogP contribution in [0.4, 0.5) is 4.39 Å². The van der Waals surface area contributed by atoms with Gasteiger partial charge in [-0.25, -0.2) is 4.39 Å². The first-order valence-corrected chi connectivity index (χ1v) is 4.24. The third-order valence-electron chi connectivity index (χ3n) is 1.67. The lowest BCUT2D eigenvalue weighted by Gasteiger charge is -2.07. The summed E-state index contributed by atoms with van der Waals surface area (Å²) >= 11 is 5.52. The Morgan fingerprint density at radius 2 is 2.15 bits per heavy atom. The molecule has 1 aromatic rings. The van der Waals surface area contributed by atoms with Gasteiger partial charge in [-0.05, 0) is 17.7 Å². The monoisotopic (exact) mass is 204 g/mol. The molecule has 0 aliphatic heterocycles. The van der Waals surface area contributed by atoms with Crippen LogP contribution in [0.1, 0.15) is 5.56 Å². The molecule has 0 amide bonds. The fourth-order valence-electron chi connectivity index (χ4n) is 1.00. The Morgan fingerprint density at radius 3 is 2.69 bits per heavy atom. The van der Waals surface area contributed by atoms with Gasteiger partial charge in [-0.3, -0.25) is 0 Å². The van der Waals surface area contributed by atoms with E-state index < -0.39 is 11.9 Å². The zero-order valence-electron chi connectivity index (χ0n) is 6.87. The second-order valence-corrected chi connectivity index (χ2v) is 3.20. The second kappa shape index (κ2) is 4.56. The molecule has 0 aliphatic carbocycles. The van der Waals surface area contributed by atoms with Crippen LogP contribution in [0.5, 0.6) is 0 Å². The summed E-state index contributed by atoms with van der Waals surface area (Å²) in [5, 5.41) is 17.7. The average molecular weight is 205 g/mol. The maximum Gasteiger partial charge on any atom is 0.141 e. The van der Waals surface area contributed by atoms with E-state index >= 15 is 0 Å². The highest BCUT2D eigenvalue weighted by atomic mass is 35.5. The van der Waals surface area contributed by atoms with Crippen LogP contribution in [0.3, 0.4) is 0 Å². The molecule has 1 atom stereocenters. The molecule has 0 saturated heterocycles. The van der Waals surface area contributed by atoms with Crippen molar-refractivity contribution < 1.29 is 14.6 Å². The minimum absolute atomic E-state index is 0.0302. The zero-order chi connectivity index (χ0) is 9.84. The SMILES string of the molecule is OCC(O)Cc1ccc(F)c(Cl)c1. The number of hydrogen-bond donors (Lipinski definition) is 2. The van der Waals surface area contributed by atoms with Gasteiger partial charge in [0.05, 0.1) is 17.7 Å². The van der Waals surface area contributed by atoms with Crippen molar-refractivity contribution in [1.82, 2.24) is 0 Å². The van der Waals surface area contributed by atoms with Gasteiger partial charge in [0, 0.05) is 6.42 Å². The molecule has 1 rings (SSSR count). The maximum atomic E-state index is 12.7. The largest absolute Gasteiger partial charge is 0.394 e. The van der Waals surface area contributed by atoms with Gasteiger partial charge in [-0.1, -0.05) is 17.7 Å². The maximum absolute atomic E-state index is 12.7. The van der Waals surface area contributed by atoms with Crippen LogP contribution in [-0.4, -0.2) is 22.9 Å². The molecule has 0 heterocycles. The summed E-state index contributed by atoms with van der Waals surface area (Å²) in [6.07, 6.45) is -0.544. The van der Waals surface area contributed by atoms with Crippen molar-refractivity contribution in [1.29, 1.82) is 0 Å².